The normalized spacial score (nSPS) is 22.2. The number of ether oxygens (including phenoxy) is 3. The number of alkyl halides is 3. The first-order valence-corrected chi connectivity index (χ1v) is 37.3. The molecule has 3 aromatic carbocycles. The molecule has 0 bridgehead atoms. The SMILES string of the molecule is CC(Nc1ncnc2c1ncn2[C@H]1CC(O)[C@@H](CO)O1)c1ccc(C#CCNC(=O)C(F)(F)F)cc1.CC(Nc1ncnc2c1ncn2[C@H]1CC(O)[C@@H](CO)O1)c1ccc(I)cc1.CC(Nc1ncnc2c1ncn2[C@H]1CC(O)[C@@H](COP(=O)(O)OP(=O)(O)OP(=O)(O)O)O1)c1ccc(C#CCN)cc1. The molecule has 9 aromatic rings. The number of imidazole rings is 3. The molecule has 0 saturated carbocycles. The van der Waals surface area contributed by atoms with E-state index >= 15 is 0 Å². The van der Waals surface area contributed by atoms with E-state index in [1.165, 1.54) is 33.4 Å². The van der Waals surface area contributed by atoms with Crippen LogP contribution in [0.25, 0.3) is 33.5 Å². The maximum absolute atomic E-state index is 12.2. The summed E-state index contributed by atoms with van der Waals surface area (Å²) in [5.74, 6) is 10.5. The number of phosphoric acid groups is 3. The third kappa shape index (κ3) is 20.7. The number of carbonyl (C=O) groups excluding carboxylic acids is 1. The van der Waals surface area contributed by atoms with Crippen LogP contribution in [0.2, 0.25) is 0 Å². The molecule has 1 amide bonds. The van der Waals surface area contributed by atoms with E-state index in [9.17, 15) is 67.0 Å². The Hall–Kier alpha value is -8.13. The van der Waals surface area contributed by atoms with Gasteiger partial charge in [-0.05, 0) is 96.5 Å². The van der Waals surface area contributed by atoms with Crippen LogP contribution in [-0.2, 0) is 45.8 Å². The minimum atomic E-state index is -5.68. The lowest BCUT2D eigenvalue weighted by Gasteiger charge is -2.19. The summed E-state index contributed by atoms with van der Waals surface area (Å²) in [6, 6.07) is 22.7. The molecule has 8 unspecified atom stereocenters. The average molecular weight is 1630 g/mol. The van der Waals surface area contributed by atoms with Crippen molar-refractivity contribution in [2.24, 2.45) is 5.73 Å². The van der Waals surface area contributed by atoms with Gasteiger partial charge in [0, 0.05) is 34.0 Å². The highest BCUT2D eigenvalue weighted by Gasteiger charge is 2.44. The zero-order valence-corrected chi connectivity index (χ0v) is 60.2. The highest BCUT2D eigenvalue weighted by atomic mass is 127. The number of benzene rings is 3. The summed E-state index contributed by atoms with van der Waals surface area (Å²) in [4.78, 5) is 86.0. The molecule has 105 heavy (non-hydrogen) atoms. The van der Waals surface area contributed by atoms with E-state index in [2.05, 4.69) is 151 Å². The number of carbonyl (C=O) groups is 1. The van der Waals surface area contributed by atoms with Gasteiger partial charge in [0.2, 0.25) is 0 Å². The standard InChI is InChI=1S/C23H23F3N6O4.C21H27N6O12P3.C18H20IN5O3/c1-13(15-6-4-14(5-7-15)3-2-8-27-22(35)23(24,25)26)31-20-19-21(29-11-28-20)32(12-30-19)18-9-16(34)17(10-33)36-18;1-13(15-6-4-14(5-7-15)3-2-8-22)26-20-19-21(24-11-23-20)27(12-25-19)18-9-16(28)17(37-18)10-36-41(32,33)39-42(34,35)38-40(29,30)31;1-10(11-2-4-12(19)5-3-11)23-17-16-18(21-8-20-17)24(9-22-16)15-6-13(26)14(7-25)27-15/h4-7,11-13,16-18,33-34H,8-10H2,1H3,(H,27,35)(H,28,29,31);4-7,11-13,16-18,28H,8-10,22H2,1H3,(H,32,33)(H,34,35)(H,23,24,26)(H2,29,30,31);2-5,8-10,13-15,25-26H,6-7H2,1H3,(H,20,21,23)/t2*13?,16?,17-,18-;10?,13?,14-,15-/m111/s1. The van der Waals surface area contributed by atoms with Crippen LogP contribution in [0.15, 0.2) is 111 Å². The van der Waals surface area contributed by atoms with Gasteiger partial charge in [-0.25, -0.2) is 58.6 Å². The molecule has 43 heteroatoms. The van der Waals surface area contributed by atoms with Crippen molar-refractivity contribution in [2.75, 3.05) is 48.9 Å². The van der Waals surface area contributed by atoms with E-state index in [1.54, 1.807) is 39.2 Å². The monoisotopic (exact) mass is 1630 g/mol. The number of hydrogen-bond acceptors (Lipinski definition) is 28. The number of fused-ring (bicyclic) bond motifs is 3. The second kappa shape index (κ2) is 34.6. The minimum absolute atomic E-state index is 0.0154. The van der Waals surface area contributed by atoms with Crippen LogP contribution >= 0.6 is 46.1 Å². The Morgan fingerprint density at radius 3 is 1.31 bits per heavy atom. The van der Waals surface area contributed by atoms with Gasteiger partial charge in [0.05, 0.1) is 88.3 Å². The predicted molar refractivity (Wildman–Crippen MR) is 374 cm³/mol. The van der Waals surface area contributed by atoms with Gasteiger partial charge in [-0.2, -0.15) is 21.8 Å². The molecule has 0 radical (unpaired) electrons. The van der Waals surface area contributed by atoms with Gasteiger partial charge < -0.3 is 86.3 Å². The molecule has 560 valence electrons. The molecule has 0 aliphatic carbocycles. The number of nitrogens with one attached hydrogen (secondary N) is 4. The Bertz CT molecular complexity index is 4780. The van der Waals surface area contributed by atoms with Crippen LogP contribution in [0.4, 0.5) is 30.6 Å². The molecule has 36 nitrogen and oxygen atoms in total. The first-order chi connectivity index (χ1) is 49.9. The first kappa shape index (κ1) is 79.4. The van der Waals surface area contributed by atoms with Crippen molar-refractivity contribution >= 4 is 103 Å². The quantitative estimate of drug-likeness (QED) is 0.0235. The Morgan fingerprint density at radius 2 is 0.952 bits per heavy atom. The molecule has 12 rings (SSSR count). The van der Waals surface area contributed by atoms with Crippen molar-refractivity contribution in [1.82, 2.24) is 63.9 Å². The summed E-state index contributed by atoms with van der Waals surface area (Å²) in [5.41, 5.74) is 12.9. The number of aromatic nitrogens is 12. The Labute approximate surface area is 608 Å². The zero-order chi connectivity index (χ0) is 75.5. The number of aliphatic hydroxyl groups is 5. The lowest BCUT2D eigenvalue weighted by Crippen LogP contribution is -2.36. The Morgan fingerprint density at radius 1 is 0.581 bits per heavy atom. The molecule has 6 aromatic heterocycles. The van der Waals surface area contributed by atoms with E-state index in [4.69, 9.17) is 29.7 Å². The van der Waals surface area contributed by atoms with Crippen LogP contribution in [0, 0.1) is 27.3 Å². The fourth-order valence-electron chi connectivity index (χ4n) is 11.0. The molecule has 3 aliphatic heterocycles. The second-order valence-electron chi connectivity index (χ2n) is 23.6. The Kier molecular flexibility index (Phi) is 26.2. The van der Waals surface area contributed by atoms with Crippen molar-refractivity contribution in [3.05, 3.63) is 142 Å². The number of rotatable bonds is 22. The number of nitrogens with zero attached hydrogens (tertiary/aromatic N) is 12. The van der Waals surface area contributed by atoms with Gasteiger partial charge in [-0.15, -0.1) is 0 Å². The van der Waals surface area contributed by atoms with E-state index in [0.29, 0.717) is 69.4 Å². The maximum atomic E-state index is 12.2. The Balaban J connectivity index is 0.000000172. The first-order valence-electron chi connectivity index (χ1n) is 31.7. The molecular weight excluding hydrogens is 1560 g/mol. The van der Waals surface area contributed by atoms with Gasteiger partial charge in [0.15, 0.2) is 50.9 Å². The number of amides is 1. The van der Waals surface area contributed by atoms with Crippen molar-refractivity contribution in [3.8, 4) is 23.7 Å². The second-order valence-corrected chi connectivity index (χ2v) is 29.2. The number of hydrogen-bond donors (Lipinski definition) is 14. The van der Waals surface area contributed by atoms with E-state index < -0.39 is 104 Å². The van der Waals surface area contributed by atoms with Gasteiger partial charge in [0.25, 0.3) is 0 Å². The number of aliphatic hydroxyl groups excluding tert-OH is 5. The van der Waals surface area contributed by atoms with Crippen molar-refractivity contribution < 1.29 is 104 Å². The summed E-state index contributed by atoms with van der Waals surface area (Å²) in [7, 11) is -16.6. The third-order valence-electron chi connectivity index (χ3n) is 16.2. The van der Waals surface area contributed by atoms with E-state index in [0.717, 1.165) is 22.3 Å². The van der Waals surface area contributed by atoms with Crippen molar-refractivity contribution in [1.29, 1.82) is 0 Å². The predicted octanol–water partition coefficient (Wildman–Crippen LogP) is 5.22. The van der Waals surface area contributed by atoms with Gasteiger partial charge in [-0.1, -0.05) is 60.1 Å². The fourth-order valence-corrected chi connectivity index (χ4v) is 14.4. The van der Waals surface area contributed by atoms with Crippen LogP contribution in [0.3, 0.4) is 0 Å². The van der Waals surface area contributed by atoms with Crippen LogP contribution in [0.5, 0.6) is 0 Å². The molecule has 15 N–H and O–H groups in total. The topological polar surface area (TPSA) is 511 Å². The van der Waals surface area contributed by atoms with Gasteiger partial charge >= 0.3 is 35.6 Å². The number of nitrogens with two attached hydrogens (primary N) is 1. The average Bonchev–Trinajstić information content (AvgIpc) is 1.64. The molecule has 3 fully saturated rings. The summed E-state index contributed by atoms with van der Waals surface area (Å²) in [6.07, 6.45) is -2.45. The number of halogens is 4. The maximum Gasteiger partial charge on any atom is 0.490 e. The lowest BCUT2D eigenvalue weighted by atomic mass is 10.1. The van der Waals surface area contributed by atoms with Gasteiger partial charge in [0.1, 0.15) is 56.0 Å². The third-order valence-corrected chi connectivity index (χ3v) is 20.7. The molecular formula is C62H70F3IN17O19P3. The fraction of sp³-hybridized carbons (Fsp3) is 0.387. The van der Waals surface area contributed by atoms with Gasteiger partial charge in [-0.3, -0.25) is 23.0 Å². The van der Waals surface area contributed by atoms with E-state index in [-0.39, 0.29) is 44.3 Å². The summed E-state index contributed by atoms with van der Waals surface area (Å²) < 4.78 is 106. The summed E-state index contributed by atoms with van der Waals surface area (Å²) in [5, 5.41) is 60.7. The highest BCUT2D eigenvalue weighted by Crippen LogP contribution is 2.66. The van der Waals surface area contributed by atoms with E-state index in [1.807, 2.05) is 50.2 Å². The summed E-state index contributed by atoms with van der Waals surface area (Å²) in [6.45, 7) is 4.45. The number of phosphoric ester groups is 1. The smallest absolute Gasteiger partial charge is 0.394 e. The largest absolute Gasteiger partial charge is 0.490 e. The molecule has 3 aliphatic rings. The summed E-state index contributed by atoms with van der Waals surface area (Å²) >= 11 is 2.28. The minimum Gasteiger partial charge on any atom is -0.394 e. The lowest BCUT2D eigenvalue weighted by molar-refractivity contribution is -0.173. The van der Waals surface area contributed by atoms with Crippen molar-refractivity contribution in [3.63, 3.8) is 0 Å². The molecule has 14 atom stereocenters. The number of anilines is 3. The molecule has 0 spiro atoms. The van der Waals surface area contributed by atoms with Crippen LogP contribution in [-0.4, -0.2) is 185 Å². The molecule has 9 heterocycles. The highest BCUT2D eigenvalue weighted by molar-refractivity contribution is 14.1. The van der Waals surface area contributed by atoms with Crippen LogP contribution < -0.4 is 27.0 Å². The van der Waals surface area contributed by atoms with Crippen LogP contribution in [0.1, 0.15) is 105 Å². The van der Waals surface area contributed by atoms with Crippen molar-refractivity contribution in [2.45, 2.75) is 120 Å². The zero-order valence-electron chi connectivity index (χ0n) is 55.4. The molecule has 3 saturated heterocycles.